The second-order valence-electron chi connectivity index (χ2n) is 4.20. The molecule has 0 aliphatic carbocycles. The molecule has 0 spiro atoms. The second kappa shape index (κ2) is 7.00. The summed E-state index contributed by atoms with van der Waals surface area (Å²) < 4.78 is 0. The Labute approximate surface area is 118 Å². The topological polar surface area (TPSA) is 29.1 Å². The van der Waals surface area contributed by atoms with E-state index in [1.807, 2.05) is 54.6 Å². The second-order valence-corrected chi connectivity index (χ2v) is 5.25. The van der Waals surface area contributed by atoms with Gasteiger partial charge in [0.1, 0.15) is 0 Å². The SMILES string of the molecule is CCc1ccc(NC(=O)CSc2ccccc2)cc1. The summed E-state index contributed by atoms with van der Waals surface area (Å²) in [7, 11) is 0. The molecule has 0 aliphatic rings. The molecule has 0 fully saturated rings. The van der Waals surface area contributed by atoms with Crippen LogP contribution in [0.2, 0.25) is 0 Å². The van der Waals surface area contributed by atoms with E-state index in [0.29, 0.717) is 5.75 Å². The van der Waals surface area contributed by atoms with Gasteiger partial charge in [0.05, 0.1) is 5.75 Å². The van der Waals surface area contributed by atoms with E-state index in [4.69, 9.17) is 0 Å². The van der Waals surface area contributed by atoms with Crippen LogP contribution in [-0.2, 0) is 11.2 Å². The zero-order valence-electron chi connectivity index (χ0n) is 10.9. The van der Waals surface area contributed by atoms with Crippen molar-refractivity contribution in [2.45, 2.75) is 18.2 Å². The quantitative estimate of drug-likeness (QED) is 0.833. The molecule has 0 unspecified atom stereocenters. The van der Waals surface area contributed by atoms with E-state index in [9.17, 15) is 4.79 Å². The van der Waals surface area contributed by atoms with E-state index in [2.05, 4.69) is 12.2 Å². The maximum Gasteiger partial charge on any atom is 0.234 e. The summed E-state index contributed by atoms with van der Waals surface area (Å²) in [6.07, 6.45) is 1.01. The largest absolute Gasteiger partial charge is 0.325 e. The first kappa shape index (κ1) is 13.7. The van der Waals surface area contributed by atoms with Crippen LogP contribution in [0.3, 0.4) is 0 Å². The summed E-state index contributed by atoms with van der Waals surface area (Å²) in [5.41, 5.74) is 2.13. The number of amides is 1. The van der Waals surface area contributed by atoms with Gasteiger partial charge in [-0.1, -0.05) is 37.3 Å². The van der Waals surface area contributed by atoms with E-state index in [1.165, 1.54) is 5.56 Å². The van der Waals surface area contributed by atoms with Crippen molar-refractivity contribution in [2.24, 2.45) is 0 Å². The Balaban J connectivity index is 1.83. The van der Waals surface area contributed by atoms with E-state index in [1.54, 1.807) is 11.8 Å². The first-order chi connectivity index (χ1) is 9.28. The molecular weight excluding hydrogens is 254 g/mol. The Bertz CT molecular complexity index is 522. The summed E-state index contributed by atoms with van der Waals surface area (Å²) >= 11 is 1.54. The molecule has 0 aromatic heterocycles. The highest BCUT2D eigenvalue weighted by molar-refractivity contribution is 8.00. The lowest BCUT2D eigenvalue weighted by atomic mass is 10.1. The maximum absolute atomic E-state index is 11.8. The molecule has 98 valence electrons. The Morgan fingerprint density at radius 3 is 2.37 bits per heavy atom. The van der Waals surface area contributed by atoms with Gasteiger partial charge in [-0.15, -0.1) is 11.8 Å². The van der Waals surface area contributed by atoms with Gasteiger partial charge in [-0.3, -0.25) is 4.79 Å². The van der Waals surface area contributed by atoms with Crippen molar-refractivity contribution >= 4 is 23.4 Å². The van der Waals surface area contributed by atoms with Crippen LogP contribution in [0.15, 0.2) is 59.5 Å². The highest BCUT2D eigenvalue weighted by Crippen LogP contribution is 2.17. The first-order valence-electron chi connectivity index (χ1n) is 6.34. The highest BCUT2D eigenvalue weighted by atomic mass is 32.2. The standard InChI is InChI=1S/C16H17NOS/c1-2-13-8-10-14(11-9-13)17-16(18)12-19-15-6-4-3-5-7-15/h3-11H,2,12H2,1H3,(H,17,18). The Kier molecular flexibility index (Phi) is 5.04. The van der Waals surface area contributed by atoms with Crippen molar-refractivity contribution in [1.29, 1.82) is 0 Å². The van der Waals surface area contributed by atoms with Crippen LogP contribution in [0.1, 0.15) is 12.5 Å². The number of anilines is 1. The summed E-state index contributed by atoms with van der Waals surface area (Å²) in [4.78, 5) is 12.9. The molecule has 1 N–H and O–H groups in total. The molecule has 19 heavy (non-hydrogen) atoms. The van der Waals surface area contributed by atoms with Gasteiger partial charge in [-0.25, -0.2) is 0 Å². The lowest BCUT2D eigenvalue weighted by Gasteiger charge is -2.06. The van der Waals surface area contributed by atoms with Crippen molar-refractivity contribution in [3.05, 3.63) is 60.2 Å². The first-order valence-corrected chi connectivity index (χ1v) is 7.33. The van der Waals surface area contributed by atoms with Crippen LogP contribution in [0.4, 0.5) is 5.69 Å². The maximum atomic E-state index is 11.8. The van der Waals surface area contributed by atoms with Crippen molar-refractivity contribution < 1.29 is 4.79 Å². The number of rotatable bonds is 5. The zero-order chi connectivity index (χ0) is 13.5. The van der Waals surface area contributed by atoms with Crippen molar-refractivity contribution in [3.8, 4) is 0 Å². The summed E-state index contributed by atoms with van der Waals surface area (Å²) in [5.74, 6) is 0.456. The lowest BCUT2D eigenvalue weighted by molar-refractivity contribution is -0.113. The molecule has 0 saturated carbocycles. The minimum atomic E-state index is 0.0260. The average molecular weight is 271 g/mol. The molecule has 2 aromatic rings. The summed E-state index contributed by atoms with van der Waals surface area (Å²) in [5, 5.41) is 2.90. The van der Waals surface area contributed by atoms with Crippen molar-refractivity contribution in [2.75, 3.05) is 11.1 Å². The minimum Gasteiger partial charge on any atom is -0.325 e. The molecule has 2 rings (SSSR count). The van der Waals surface area contributed by atoms with Crippen LogP contribution in [0.5, 0.6) is 0 Å². The van der Waals surface area contributed by atoms with Gasteiger partial charge in [0, 0.05) is 10.6 Å². The third kappa shape index (κ3) is 4.45. The van der Waals surface area contributed by atoms with Crippen LogP contribution < -0.4 is 5.32 Å². The Hall–Kier alpha value is -1.74. The highest BCUT2D eigenvalue weighted by Gasteiger charge is 2.03. The van der Waals surface area contributed by atoms with E-state index in [-0.39, 0.29) is 5.91 Å². The number of hydrogen-bond acceptors (Lipinski definition) is 2. The fourth-order valence-corrected chi connectivity index (χ4v) is 2.41. The van der Waals surface area contributed by atoms with Gasteiger partial charge < -0.3 is 5.32 Å². The molecule has 2 nitrogen and oxygen atoms in total. The zero-order valence-corrected chi connectivity index (χ0v) is 11.7. The molecule has 0 heterocycles. The number of thioether (sulfide) groups is 1. The van der Waals surface area contributed by atoms with Crippen LogP contribution >= 0.6 is 11.8 Å². The molecule has 0 radical (unpaired) electrons. The molecule has 0 atom stereocenters. The smallest absolute Gasteiger partial charge is 0.234 e. The number of hydrogen-bond donors (Lipinski definition) is 1. The number of nitrogens with one attached hydrogen (secondary N) is 1. The van der Waals surface area contributed by atoms with Crippen LogP contribution in [0.25, 0.3) is 0 Å². The number of aryl methyl sites for hydroxylation is 1. The molecule has 1 amide bonds. The molecular formula is C16H17NOS. The third-order valence-electron chi connectivity index (χ3n) is 2.76. The summed E-state index contributed by atoms with van der Waals surface area (Å²) in [6, 6.07) is 17.9. The van der Waals surface area contributed by atoms with Gasteiger partial charge in [0.15, 0.2) is 0 Å². The monoisotopic (exact) mass is 271 g/mol. The average Bonchev–Trinajstić information content (AvgIpc) is 2.47. The van der Waals surface area contributed by atoms with E-state index >= 15 is 0 Å². The Morgan fingerprint density at radius 2 is 1.74 bits per heavy atom. The number of carbonyl (C=O) groups is 1. The van der Waals surface area contributed by atoms with Gasteiger partial charge in [0.2, 0.25) is 5.91 Å². The Morgan fingerprint density at radius 1 is 1.05 bits per heavy atom. The molecule has 0 aliphatic heterocycles. The normalized spacial score (nSPS) is 10.2. The van der Waals surface area contributed by atoms with Crippen molar-refractivity contribution in [3.63, 3.8) is 0 Å². The van der Waals surface area contributed by atoms with Crippen LogP contribution in [-0.4, -0.2) is 11.7 Å². The molecule has 2 aromatic carbocycles. The predicted octanol–water partition coefficient (Wildman–Crippen LogP) is 3.98. The third-order valence-corrected chi connectivity index (χ3v) is 3.77. The molecule has 3 heteroatoms. The number of carbonyl (C=O) groups excluding carboxylic acids is 1. The number of benzene rings is 2. The van der Waals surface area contributed by atoms with E-state index < -0.39 is 0 Å². The fourth-order valence-electron chi connectivity index (χ4n) is 1.69. The van der Waals surface area contributed by atoms with Gasteiger partial charge >= 0.3 is 0 Å². The molecule has 0 bridgehead atoms. The van der Waals surface area contributed by atoms with Gasteiger partial charge in [-0.2, -0.15) is 0 Å². The fraction of sp³-hybridized carbons (Fsp3) is 0.188. The van der Waals surface area contributed by atoms with Crippen LogP contribution in [0, 0.1) is 0 Å². The lowest BCUT2D eigenvalue weighted by Crippen LogP contribution is -2.13. The summed E-state index contributed by atoms with van der Waals surface area (Å²) in [6.45, 7) is 2.12. The minimum absolute atomic E-state index is 0.0260. The van der Waals surface area contributed by atoms with Gasteiger partial charge in [-0.05, 0) is 36.2 Å². The van der Waals surface area contributed by atoms with E-state index in [0.717, 1.165) is 17.0 Å². The molecule has 0 saturated heterocycles. The van der Waals surface area contributed by atoms with Gasteiger partial charge in [0.25, 0.3) is 0 Å². The van der Waals surface area contributed by atoms with Crippen molar-refractivity contribution in [1.82, 2.24) is 0 Å². The predicted molar refractivity (Wildman–Crippen MR) is 81.6 cm³/mol.